The van der Waals surface area contributed by atoms with Crippen LogP contribution in [0.4, 0.5) is 0 Å². The van der Waals surface area contributed by atoms with Crippen LogP contribution in [0.1, 0.15) is 0 Å². The van der Waals surface area contributed by atoms with Crippen LogP contribution >= 0.6 is 8.25 Å². The monoisotopic (exact) mass is 253 g/mol. The number of likely N-dealkylation sites (N-methyl/N-ethyl adjacent to an activating group) is 2. The van der Waals surface area contributed by atoms with E-state index >= 15 is 0 Å². The molecule has 16 heavy (non-hydrogen) atoms. The van der Waals surface area contributed by atoms with Gasteiger partial charge in [-0.1, -0.05) is 0 Å². The fourth-order valence-corrected chi connectivity index (χ4v) is 1.35. The van der Waals surface area contributed by atoms with Crippen molar-refractivity contribution in [2.45, 2.75) is 0 Å². The zero-order valence-electron chi connectivity index (χ0n) is 11.4. The van der Waals surface area contributed by atoms with Crippen LogP contribution in [-0.4, -0.2) is 77.6 Å². The first-order valence-corrected chi connectivity index (χ1v) is 6.54. The second-order valence-corrected chi connectivity index (χ2v) is 6.88. The van der Waals surface area contributed by atoms with E-state index in [0.717, 1.165) is 22.1 Å². The summed E-state index contributed by atoms with van der Waals surface area (Å²) in [7, 11) is 10.4. The molecule has 0 amide bonds. The number of nitrogens with zero attached hydrogens (tertiary/aromatic N) is 2. The molecule has 0 saturated heterocycles. The lowest BCUT2D eigenvalue weighted by atomic mass is 10.5. The molecule has 0 aromatic heterocycles. The van der Waals surface area contributed by atoms with E-state index in [0.29, 0.717) is 13.2 Å². The van der Waals surface area contributed by atoms with Crippen LogP contribution in [0.5, 0.6) is 0 Å². The van der Waals surface area contributed by atoms with Gasteiger partial charge in [-0.3, -0.25) is 0 Å². The Morgan fingerprint density at radius 1 is 0.812 bits per heavy atom. The van der Waals surface area contributed by atoms with Gasteiger partial charge in [-0.25, -0.2) is 0 Å². The molecule has 0 aromatic carbocycles. The van der Waals surface area contributed by atoms with Gasteiger partial charge in [-0.05, 0) is 0 Å². The van der Waals surface area contributed by atoms with Gasteiger partial charge in [0.05, 0.1) is 42.3 Å². The van der Waals surface area contributed by atoms with Gasteiger partial charge in [0.2, 0.25) is 0 Å². The second kappa shape index (κ2) is 6.62. The molecular formula is C10H26N2O3P+3. The lowest BCUT2D eigenvalue weighted by molar-refractivity contribution is -0.870. The first-order chi connectivity index (χ1) is 7.10. The Bertz CT molecular complexity index is 199. The molecule has 5 nitrogen and oxygen atoms in total. The van der Waals surface area contributed by atoms with Crippen molar-refractivity contribution in [2.75, 3.05) is 68.6 Å². The molecule has 0 radical (unpaired) electrons. The van der Waals surface area contributed by atoms with Gasteiger partial charge in [0.25, 0.3) is 0 Å². The summed E-state index contributed by atoms with van der Waals surface area (Å²) in [4.78, 5) is 0. The molecule has 0 aromatic rings. The molecule has 0 heterocycles. The van der Waals surface area contributed by atoms with E-state index in [4.69, 9.17) is 9.05 Å². The maximum absolute atomic E-state index is 11.3. The Kier molecular flexibility index (Phi) is 6.60. The fraction of sp³-hybridized carbons (Fsp3) is 1.00. The normalized spacial score (nSPS) is 12.9. The minimum Gasteiger partial charge on any atom is -0.329 e. The Hall–Kier alpha value is -0.0600. The van der Waals surface area contributed by atoms with Crippen LogP contribution in [0, 0.1) is 0 Å². The van der Waals surface area contributed by atoms with Crippen LogP contribution in [-0.2, 0) is 13.6 Å². The largest absolute Gasteiger partial charge is 0.697 e. The van der Waals surface area contributed by atoms with Crippen molar-refractivity contribution in [3.05, 3.63) is 0 Å². The van der Waals surface area contributed by atoms with Crippen molar-refractivity contribution < 1.29 is 22.6 Å². The average Bonchev–Trinajstić information content (AvgIpc) is 1.98. The SMILES string of the molecule is C[N+](C)(C)CCO[P+](=O)OCC[N+](C)(C)C. The van der Waals surface area contributed by atoms with Crippen LogP contribution in [0.25, 0.3) is 0 Å². The smallest absolute Gasteiger partial charge is 0.329 e. The van der Waals surface area contributed by atoms with Crippen LogP contribution in [0.15, 0.2) is 0 Å². The summed E-state index contributed by atoms with van der Waals surface area (Å²) in [5.74, 6) is 0. The molecule has 0 unspecified atom stereocenters. The molecule has 0 atom stereocenters. The summed E-state index contributed by atoms with van der Waals surface area (Å²) in [5, 5.41) is 0. The van der Waals surface area contributed by atoms with Gasteiger partial charge in [-0.2, -0.15) is 0 Å². The van der Waals surface area contributed by atoms with Crippen molar-refractivity contribution in [3.63, 3.8) is 0 Å². The molecule has 0 saturated carbocycles. The quantitative estimate of drug-likeness (QED) is 0.480. The molecule has 0 aliphatic carbocycles. The zero-order chi connectivity index (χ0) is 12.8. The van der Waals surface area contributed by atoms with E-state index < -0.39 is 8.25 Å². The highest BCUT2D eigenvalue weighted by atomic mass is 31.1. The van der Waals surface area contributed by atoms with E-state index in [2.05, 4.69) is 42.3 Å². The van der Waals surface area contributed by atoms with Crippen molar-refractivity contribution in [3.8, 4) is 0 Å². The first-order valence-electron chi connectivity index (χ1n) is 5.44. The van der Waals surface area contributed by atoms with Gasteiger partial charge >= 0.3 is 8.25 Å². The molecular weight excluding hydrogens is 227 g/mol. The van der Waals surface area contributed by atoms with Crippen molar-refractivity contribution >= 4 is 8.25 Å². The van der Waals surface area contributed by atoms with E-state index in [1.54, 1.807) is 0 Å². The topological polar surface area (TPSA) is 35.5 Å². The Morgan fingerprint density at radius 3 is 1.38 bits per heavy atom. The van der Waals surface area contributed by atoms with Gasteiger partial charge in [0.1, 0.15) is 13.1 Å². The molecule has 0 aliphatic rings. The van der Waals surface area contributed by atoms with Crippen molar-refractivity contribution in [1.82, 2.24) is 0 Å². The lowest BCUT2D eigenvalue weighted by Gasteiger charge is -2.22. The first kappa shape index (κ1) is 15.9. The standard InChI is InChI=1S/C10H26N2O3P/c1-11(2,3)7-9-14-16(13)15-10-8-12(4,5)6/h7-10H2,1-6H3/q+3. The Labute approximate surface area is 100 Å². The predicted molar refractivity (Wildman–Crippen MR) is 65.3 cm³/mol. The predicted octanol–water partition coefficient (Wildman–Crippen LogP) is 1.09. The van der Waals surface area contributed by atoms with E-state index in [1.165, 1.54) is 0 Å². The molecule has 0 spiro atoms. The summed E-state index contributed by atoms with van der Waals surface area (Å²) >= 11 is 0. The number of rotatable bonds is 8. The van der Waals surface area contributed by atoms with Gasteiger partial charge in [0.15, 0.2) is 13.2 Å². The highest BCUT2D eigenvalue weighted by molar-refractivity contribution is 7.33. The van der Waals surface area contributed by atoms with E-state index in [-0.39, 0.29) is 0 Å². The summed E-state index contributed by atoms with van der Waals surface area (Å²) in [6.45, 7) is 2.56. The minimum atomic E-state index is -1.96. The maximum Gasteiger partial charge on any atom is 0.697 e. The van der Waals surface area contributed by atoms with E-state index in [1.807, 2.05) is 0 Å². The highest BCUT2D eigenvalue weighted by Gasteiger charge is 2.23. The Balaban J connectivity index is 3.53. The van der Waals surface area contributed by atoms with E-state index in [9.17, 15) is 4.57 Å². The molecule has 0 bridgehead atoms. The molecule has 0 rings (SSSR count). The van der Waals surface area contributed by atoms with Gasteiger partial charge in [0, 0.05) is 4.57 Å². The van der Waals surface area contributed by atoms with Crippen LogP contribution in [0.3, 0.4) is 0 Å². The third kappa shape index (κ3) is 12.0. The molecule has 0 fully saturated rings. The minimum absolute atomic E-state index is 0.461. The summed E-state index contributed by atoms with van der Waals surface area (Å²) in [5.41, 5.74) is 0. The van der Waals surface area contributed by atoms with Crippen molar-refractivity contribution in [1.29, 1.82) is 0 Å². The lowest BCUT2D eigenvalue weighted by Crippen LogP contribution is -2.37. The fourth-order valence-electron chi connectivity index (χ4n) is 0.816. The second-order valence-electron chi connectivity index (χ2n) is 5.92. The van der Waals surface area contributed by atoms with Gasteiger partial charge < -0.3 is 8.97 Å². The summed E-state index contributed by atoms with van der Waals surface area (Å²) in [6.07, 6.45) is 0. The average molecular weight is 253 g/mol. The molecule has 6 heteroatoms. The highest BCUT2D eigenvalue weighted by Crippen LogP contribution is 2.23. The summed E-state index contributed by atoms with van der Waals surface area (Å²) in [6, 6.07) is 0. The number of quaternary nitrogens is 2. The summed E-state index contributed by atoms with van der Waals surface area (Å²) < 4.78 is 23.1. The molecule has 0 aliphatic heterocycles. The van der Waals surface area contributed by atoms with Crippen LogP contribution in [0.2, 0.25) is 0 Å². The number of hydrogen-bond acceptors (Lipinski definition) is 3. The third-order valence-corrected chi connectivity index (χ3v) is 2.70. The molecule has 0 N–H and O–H groups in total. The molecule has 96 valence electrons. The van der Waals surface area contributed by atoms with Crippen LogP contribution < -0.4 is 0 Å². The maximum atomic E-state index is 11.3. The van der Waals surface area contributed by atoms with Crippen molar-refractivity contribution in [2.24, 2.45) is 0 Å². The third-order valence-electron chi connectivity index (χ3n) is 1.92. The number of hydrogen-bond donors (Lipinski definition) is 0. The Morgan fingerprint density at radius 2 is 1.12 bits per heavy atom. The zero-order valence-corrected chi connectivity index (χ0v) is 12.3. The van der Waals surface area contributed by atoms with Gasteiger partial charge in [-0.15, -0.1) is 9.05 Å².